The van der Waals surface area contributed by atoms with Crippen LogP contribution in [0, 0.1) is 5.82 Å². The van der Waals surface area contributed by atoms with E-state index in [1.807, 2.05) is 0 Å². The summed E-state index contributed by atoms with van der Waals surface area (Å²) in [4.78, 5) is 11.3. The highest BCUT2D eigenvalue weighted by molar-refractivity contribution is 9.10. The first-order chi connectivity index (χ1) is 7.13. The van der Waals surface area contributed by atoms with Crippen molar-refractivity contribution in [3.63, 3.8) is 0 Å². The van der Waals surface area contributed by atoms with Crippen LogP contribution in [0.3, 0.4) is 0 Å². The summed E-state index contributed by atoms with van der Waals surface area (Å²) in [6.45, 7) is 0. The molecule has 1 aromatic carbocycles. The fourth-order valence-corrected chi connectivity index (χ4v) is 1.68. The van der Waals surface area contributed by atoms with Crippen molar-refractivity contribution in [3.8, 4) is 0 Å². The number of hydrogen-bond donors (Lipinski definition) is 1. The highest BCUT2D eigenvalue weighted by atomic mass is 79.9. The van der Waals surface area contributed by atoms with Gasteiger partial charge >= 0.3 is 0 Å². The lowest BCUT2D eigenvalue weighted by Gasteiger charge is -2.05. The van der Waals surface area contributed by atoms with Crippen molar-refractivity contribution in [2.45, 2.75) is 12.8 Å². The van der Waals surface area contributed by atoms with E-state index < -0.39 is 0 Å². The van der Waals surface area contributed by atoms with Gasteiger partial charge in [0.15, 0.2) is 0 Å². The van der Waals surface area contributed by atoms with E-state index in [0.717, 1.165) is 11.8 Å². The predicted molar refractivity (Wildman–Crippen MR) is 65.8 cm³/mol. The molecule has 0 aliphatic heterocycles. The lowest BCUT2D eigenvalue weighted by atomic mass is 10.3. The summed E-state index contributed by atoms with van der Waals surface area (Å²) < 4.78 is 13.2. The van der Waals surface area contributed by atoms with Gasteiger partial charge in [0.05, 0.1) is 4.47 Å². The second kappa shape index (κ2) is 6.23. The van der Waals surface area contributed by atoms with Gasteiger partial charge in [-0.25, -0.2) is 4.39 Å². The van der Waals surface area contributed by atoms with Crippen LogP contribution in [0.1, 0.15) is 12.8 Å². The third-order valence-corrected chi connectivity index (χ3v) is 2.91. The molecule has 0 atom stereocenters. The van der Waals surface area contributed by atoms with E-state index in [9.17, 15) is 9.18 Å². The van der Waals surface area contributed by atoms with E-state index in [2.05, 4.69) is 37.2 Å². The first-order valence-electron chi connectivity index (χ1n) is 4.44. The number of rotatable bonds is 4. The molecule has 5 heteroatoms. The highest BCUT2D eigenvalue weighted by Gasteiger charge is 2.04. The van der Waals surface area contributed by atoms with Crippen LogP contribution in [0.5, 0.6) is 0 Å². The molecule has 0 saturated heterocycles. The number of hydrogen-bond acceptors (Lipinski definition) is 1. The summed E-state index contributed by atoms with van der Waals surface area (Å²) in [5, 5.41) is 3.49. The minimum Gasteiger partial charge on any atom is -0.326 e. The molecule has 0 fully saturated rings. The molecule has 0 saturated carbocycles. The molecule has 82 valence electrons. The van der Waals surface area contributed by atoms with E-state index in [4.69, 9.17) is 0 Å². The molecule has 0 aliphatic rings. The van der Waals surface area contributed by atoms with Crippen molar-refractivity contribution in [2.75, 3.05) is 10.6 Å². The van der Waals surface area contributed by atoms with E-state index in [1.165, 1.54) is 12.1 Å². The molecule has 0 radical (unpaired) electrons. The first-order valence-corrected chi connectivity index (χ1v) is 6.36. The average molecular weight is 339 g/mol. The smallest absolute Gasteiger partial charge is 0.224 e. The molecule has 0 bridgehead atoms. The van der Waals surface area contributed by atoms with Gasteiger partial charge in [-0.2, -0.15) is 0 Å². The molecule has 0 unspecified atom stereocenters. The number of carbonyl (C=O) groups is 1. The largest absolute Gasteiger partial charge is 0.326 e. The monoisotopic (exact) mass is 337 g/mol. The molecule has 0 aromatic heterocycles. The van der Waals surface area contributed by atoms with Crippen LogP contribution in [-0.2, 0) is 4.79 Å². The molecule has 1 amide bonds. The molecule has 1 N–H and O–H groups in total. The van der Waals surface area contributed by atoms with Gasteiger partial charge in [-0.05, 0) is 40.5 Å². The maximum atomic E-state index is 12.9. The Kier molecular flexibility index (Phi) is 5.25. The number of carbonyl (C=O) groups excluding carboxylic acids is 1. The summed E-state index contributed by atoms with van der Waals surface area (Å²) in [6, 6.07) is 4.39. The van der Waals surface area contributed by atoms with Crippen molar-refractivity contribution >= 4 is 43.5 Å². The molecule has 15 heavy (non-hydrogen) atoms. The zero-order chi connectivity index (χ0) is 11.3. The van der Waals surface area contributed by atoms with Gasteiger partial charge in [0, 0.05) is 17.4 Å². The SMILES string of the molecule is O=C(CCCBr)Nc1ccc(F)c(Br)c1. The lowest BCUT2D eigenvalue weighted by Crippen LogP contribution is -2.11. The van der Waals surface area contributed by atoms with Gasteiger partial charge in [-0.15, -0.1) is 0 Å². The Bertz CT molecular complexity index is 357. The number of amides is 1. The standard InChI is InChI=1S/C10H10Br2FNO/c11-5-1-2-10(15)14-7-3-4-9(13)8(12)6-7/h3-4,6H,1-2,5H2,(H,14,15). The Morgan fingerprint density at radius 2 is 2.20 bits per heavy atom. The predicted octanol–water partition coefficient (Wildman–Crippen LogP) is 3.70. The average Bonchev–Trinajstić information content (AvgIpc) is 2.20. The van der Waals surface area contributed by atoms with Crippen LogP contribution in [-0.4, -0.2) is 11.2 Å². The molecule has 0 aliphatic carbocycles. The van der Waals surface area contributed by atoms with E-state index in [0.29, 0.717) is 16.6 Å². The minimum absolute atomic E-state index is 0.0621. The van der Waals surface area contributed by atoms with Gasteiger partial charge in [-0.3, -0.25) is 4.79 Å². The van der Waals surface area contributed by atoms with Crippen LogP contribution in [0.4, 0.5) is 10.1 Å². The molecule has 1 rings (SSSR count). The Morgan fingerprint density at radius 3 is 2.80 bits per heavy atom. The van der Waals surface area contributed by atoms with Crippen molar-refractivity contribution in [1.82, 2.24) is 0 Å². The number of anilines is 1. The van der Waals surface area contributed by atoms with Crippen LogP contribution >= 0.6 is 31.9 Å². The maximum Gasteiger partial charge on any atom is 0.224 e. The molecule has 1 aromatic rings. The number of nitrogens with one attached hydrogen (secondary N) is 1. The summed E-state index contributed by atoms with van der Waals surface area (Å²) >= 11 is 6.30. The van der Waals surface area contributed by atoms with Gasteiger partial charge in [-0.1, -0.05) is 15.9 Å². The summed E-state index contributed by atoms with van der Waals surface area (Å²) in [5.74, 6) is -0.401. The van der Waals surface area contributed by atoms with Gasteiger partial charge in [0.2, 0.25) is 5.91 Å². The Balaban J connectivity index is 2.57. The number of benzene rings is 1. The van der Waals surface area contributed by atoms with Crippen LogP contribution in [0.2, 0.25) is 0 Å². The summed E-state index contributed by atoms with van der Waals surface area (Å²) in [7, 11) is 0. The minimum atomic E-state index is -0.339. The molecule has 0 heterocycles. The van der Waals surface area contributed by atoms with Gasteiger partial charge < -0.3 is 5.32 Å². The van der Waals surface area contributed by atoms with Crippen LogP contribution < -0.4 is 5.32 Å². The van der Waals surface area contributed by atoms with Gasteiger partial charge in [0.1, 0.15) is 5.82 Å². The lowest BCUT2D eigenvalue weighted by molar-refractivity contribution is -0.116. The zero-order valence-corrected chi connectivity index (χ0v) is 11.1. The Labute approximate surface area is 105 Å². The van der Waals surface area contributed by atoms with Crippen molar-refractivity contribution in [2.24, 2.45) is 0 Å². The number of halogens is 3. The quantitative estimate of drug-likeness (QED) is 0.833. The second-order valence-corrected chi connectivity index (χ2v) is 4.62. The third kappa shape index (κ3) is 4.30. The molecule has 0 spiro atoms. The Hall–Kier alpha value is -0.420. The maximum absolute atomic E-state index is 12.9. The zero-order valence-electron chi connectivity index (χ0n) is 7.90. The van der Waals surface area contributed by atoms with Crippen molar-refractivity contribution < 1.29 is 9.18 Å². The summed E-state index contributed by atoms with van der Waals surface area (Å²) in [5.41, 5.74) is 0.600. The third-order valence-electron chi connectivity index (χ3n) is 1.74. The van der Waals surface area contributed by atoms with Crippen molar-refractivity contribution in [3.05, 3.63) is 28.5 Å². The van der Waals surface area contributed by atoms with E-state index in [1.54, 1.807) is 6.07 Å². The fraction of sp³-hybridized carbons (Fsp3) is 0.300. The van der Waals surface area contributed by atoms with Crippen LogP contribution in [0.15, 0.2) is 22.7 Å². The first kappa shape index (κ1) is 12.6. The molecular formula is C10H10Br2FNO. The molecule has 2 nitrogen and oxygen atoms in total. The summed E-state index contributed by atoms with van der Waals surface area (Å²) in [6.07, 6.45) is 1.24. The van der Waals surface area contributed by atoms with E-state index in [-0.39, 0.29) is 11.7 Å². The van der Waals surface area contributed by atoms with Gasteiger partial charge in [0.25, 0.3) is 0 Å². The number of alkyl halides is 1. The second-order valence-electron chi connectivity index (χ2n) is 2.97. The molecular weight excluding hydrogens is 329 g/mol. The van der Waals surface area contributed by atoms with Crippen molar-refractivity contribution in [1.29, 1.82) is 0 Å². The Morgan fingerprint density at radius 1 is 1.47 bits per heavy atom. The van der Waals surface area contributed by atoms with E-state index >= 15 is 0 Å². The highest BCUT2D eigenvalue weighted by Crippen LogP contribution is 2.20. The normalized spacial score (nSPS) is 10.1. The topological polar surface area (TPSA) is 29.1 Å². The van der Waals surface area contributed by atoms with Crippen LogP contribution in [0.25, 0.3) is 0 Å². The fourth-order valence-electron chi connectivity index (χ4n) is 1.02.